The molecular formula is C24H29ClFN5. The van der Waals surface area contributed by atoms with E-state index in [0.29, 0.717) is 35.0 Å². The van der Waals surface area contributed by atoms with Crippen LogP contribution in [0.2, 0.25) is 5.02 Å². The van der Waals surface area contributed by atoms with Crippen molar-refractivity contribution in [3.05, 3.63) is 58.9 Å². The largest absolute Gasteiger partial charge is 0.362 e. The van der Waals surface area contributed by atoms with Crippen LogP contribution in [0.25, 0.3) is 10.9 Å². The lowest BCUT2D eigenvalue weighted by Crippen LogP contribution is -2.38. The van der Waals surface area contributed by atoms with Gasteiger partial charge >= 0.3 is 0 Å². The molecule has 0 saturated heterocycles. The summed E-state index contributed by atoms with van der Waals surface area (Å²) in [5.74, 6) is 1.39. The first-order chi connectivity index (χ1) is 15.0. The van der Waals surface area contributed by atoms with E-state index in [1.807, 2.05) is 37.2 Å². The molecule has 0 atom stereocenters. The summed E-state index contributed by atoms with van der Waals surface area (Å²) < 4.78 is 13.9. The SMILES string of the molecule is CN(C)c1nc(NC2CCC(NCCc3c(F)cccc3Cl)CC2)nc2ccccc12. The number of benzene rings is 2. The molecule has 2 N–H and O–H groups in total. The number of hydrogen-bond acceptors (Lipinski definition) is 5. The molecule has 4 rings (SSSR count). The fourth-order valence-corrected chi connectivity index (χ4v) is 4.52. The Hall–Kier alpha value is -2.44. The zero-order valence-corrected chi connectivity index (χ0v) is 18.8. The van der Waals surface area contributed by atoms with E-state index >= 15 is 0 Å². The van der Waals surface area contributed by atoms with Crippen molar-refractivity contribution in [2.24, 2.45) is 0 Å². The van der Waals surface area contributed by atoms with Crippen LogP contribution in [0, 0.1) is 5.82 Å². The van der Waals surface area contributed by atoms with Crippen LogP contribution in [0.15, 0.2) is 42.5 Å². The Labute approximate surface area is 188 Å². The third-order valence-corrected chi connectivity index (χ3v) is 6.29. The number of rotatable bonds is 7. The third-order valence-electron chi connectivity index (χ3n) is 5.94. The number of para-hydroxylation sites is 1. The molecule has 1 heterocycles. The Morgan fingerprint density at radius 2 is 1.74 bits per heavy atom. The Morgan fingerprint density at radius 1 is 1.00 bits per heavy atom. The maximum Gasteiger partial charge on any atom is 0.225 e. The van der Waals surface area contributed by atoms with Crippen LogP contribution in [0.5, 0.6) is 0 Å². The van der Waals surface area contributed by atoms with Crippen LogP contribution in [0.3, 0.4) is 0 Å². The van der Waals surface area contributed by atoms with E-state index in [9.17, 15) is 4.39 Å². The highest BCUT2D eigenvalue weighted by Crippen LogP contribution is 2.26. The van der Waals surface area contributed by atoms with Gasteiger partial charge in [0.2, 0.25) is 5.95 Å². The van der Waals surface area contributed by atoms with Crippen LogP contribution in [-0.2, 0) is 6.42 Å². The predicted octanol–water partition coefficient (Wildman–Crippen LogP) is 5.04. The van der Waals surface area contributed by atoms with Crippen LogP contribution in [0.1, 0.15) is 31.2 Å². The molecule has 1 saturated carbocycles. The van der Waals surface area contributed by atoms with Crippen molar-refractivity contribution in [2.45, 2.75) is 44.2 Å². The maximum atomic E-state index is 13.9. The average Bonchev–Trinajstić information content (AvgIpc) is 2.76. The van der Waals surface area contributed by atoms with E-state index in [1.165, 1.54) is 6.07 Å². The summed E-state index contributed by atoms with van der Waals surface area (Å²) >= 11 is 6.12. The van der Waals surface area contributed by atoms with Gasteiger partial charge in [0, 0.05) is 42.2 Å². The van der Waals surface area contributed by atoms with Crippen LogP contribution < -0.4 is 15.5 Å². The van der Waals surface area contributed by atoms with E-state index in [-0.39, 0.29) is 5.82 Å². The van der Waals surface area contributed by atoms with Crippen molar-refractivity contribution in [3.8, 4) is 0 Å². The lowest BCUT2D eigenvalue weighted by molar-refractivity contribution is 0.354. The molecule has 0 radical (unpaired) electrons. The molecule has 0 unspecified atom stereocenters. The van der Waals surface area contributed by atoms with Gasteiger partial charge in [-0.1, -0.05) is 29.8 Å². The molecule has 0 spiro atoms. The lowest BCUT2D eigenvalue weighted by atomic mass is 9.91. The monoisotopic (exact) mass is 441 g/mol. The normalized spacial score (nSPS) is 18.8. The molecule has 1 aliphatic rings. The second-order valence-corrected chi connectivity index (χ2v) is 8.79. The Kier molecular flexibility index (Phi) is 6.88. The van der Waals surface area contributed by atoms with Crippen molar-refractivity contribution >= 4 is 34.3 Å². The summed E-state index contributed by atoms with van der Waals surface area (Å²) in [6, 6.07) is 13.8. The molecule has 0 bridgehead atoms. The van der Waals surface area contributed by atoms with Crippen molar-refractivity contribution in [3.63, 3.8) is 0 Å². The third kappa shape index (κ3) is 5.25. The highest BCUT2D eigenvalue weighted by molar-refractivity contribution is 6.31. The molecule has 0 aliphatic heterocycles. The van der Waals surface area contributed by atoms with E-state index in [4.69, 9.17) is 21.6 Å². The molecule has 2 aromatic carbocycles. The van der Waals surface area contributed by atoms with Crippen LogP contribution in [-0.4, -0.2) is 42.7 Å². The Morgan fingerprint density at radius 3 is 2.48 bits per heavy atom. The fourth-order valence-electron chi connectivity index (χ4n) is 4.26. The van der Waals surface area contributed by atoms with Gasteiger partial charge in [0.05, 0.1) is 5.52 Å². The van der Waals surface area contributed by atoms with Gasteiger partial charge in [-0.15, -0.1) is 0 Å². The van der Waals surface area contributed by atoms with Gasteiger partial charge in [-0.25, -0.2) is 9.37 Å². The van der Waals surface area contributed by atoms with Gasteiger partial charge in [-0.05, 0) is 62.9 Å². The summed E-state index contributed by atoms with van der Waals surface area (Å²) in [5.41, 5.74) is 1.54. The second-order valence-electron chi connectivity index (χ2n) is 8.38. The minimum absolute atomic E-state index is 0.227. The van der Waals surface area contributed by atoms with Crippen molar-refractivity contribution in [1.82, 2.24) is 15.3 Å². The van der Waals surface area contributed by atoms with Crippen LogP contribution >= 0.6 is 11.6 Å². The minimum Gasteiger partial charge on any atom is -0.362 e. The van der Waals surface area contributed by atoms with Crippen molar-refractivity contribution in [1.29, 1.82) is 0 Å². The maximum absolute atomic E-state index is 13.9. The minimum atomic E-state index is -0.227. The highest BCUT2D eigenvalue weighted by Gasteiger charge is 2.22. The topological polar surface area (TPSA) is 53.1 Å². The summed E-state index contributed by atoms with van der Waals surface area (Å²) in [4.78, 5) is 11.5. The van der Waals surface area contributed by atoms with E-state index in [2.05, 4.69) is 16.7 Å². The lowest BCUT2D eigenvalue weighted by Gasteiger charge is -2.30. The fraction of sp³-hybridized carbons (Fsp3) is 0.417. The van der Waals surface area contributed by atoms with Gasteiger partial charge in [0.1, 0.15) is 11.6 Å². The number of fused-ring (bicyclic) bond motifs is 1. The van der Waals surface area contributed by atoms with Crippen molar-refractivity contribution in [2.75, 3.05) is 30.9 Å². The average molecular weight is 442 g/mol. The first-order valence-corrected chi connectivity index (χ1v) is 11.3. The molecule has 7 heteroatoms. The number of aromatic nitrogens is 2. The smallest absolute Gasteiger partial charge is 0.225 e. The number of halogens is 2. The van der Waals surface area contributed by atoms with Gasteiger partial charge in [-0.2, -0.15) is 4.98 Å². The van der Waals surface area contributed by atoms with Gasteiger partial charge in [0.25, 0.3) is 0 Å². The highest BCUT2D eigenvalue weighted by atomic mass is 35.5. The molecule has 1 fully saturated rings. The predicted molar refractivity (Wildman–Crippen MR) is 127 cm³/mol. The first kappa shape index (κ1) is 21.8. The summed E-state index contributed by atoms with van der Waals surface area (Å²) in [6.45, 7) is 0.726. The molecule has 31 heavy (non-hydrogen) atoms. The molecule has 164 valence electrons. The number of nitrogens with one attached hydrogen (secondary N) is 2. The molecule has 5 nitrogen and oxygen atoms in total. The standard InChI is InChI=1S/C24H29ClFN5/c1-31(2)23-19-6-3-4-9-22(19)29-24(30-23)28-17-12-10-16(11-13-17)27-15-14-18-20(25)7-5-8-21(18)26/h3-9,16-17,27H,10-15H2,1-2H3,(H,28,29,30). The number of anilines is 2. The van der Waals surface area contributed by atoms with Crippen LogP contribution in [0.4, 0.5) is 16.2 Å². The van der Waals surface area contributed by atoms with E-state index < -0.39 is 0 Å². The number of nitrogens with zero attached hydrogens (tertiary/aromatic N) is 3. The van der Waals surface area contributed by atoms with Gasteiger partial charge in [0.15, 0.2) is 0 Å². The summed E-state index contributed by atoms with van der Waals surface area (Å²) in [5, 5.41) is 8.67. The second kappa shape index (κ2) is 9.79. The summed E-state index contributed by atoms with van der Waals surface area (Å²) in [6.07, 6.45) is 4.83. The molecular weight excluding hydrogens is 413 g/mol. The molecule has 3 aromatic rings. The van der Waals surface area contributed by atoms with E-state index in [1.54, 1.807) is 12.1 Å². The van der Waals surface area contributed by atoms with E-state index in [0.717, 1.165) is 48.9 Å². The zero-order valence-electron chi connectivity index (χ0n) is 18.0. The summed E-state index contributed by atoms with van der Waals surface area (Å²) in [7, 11) is 4.01. The molecule has 1 aliphatic carbocycles. The zero-order chi connectivity index (χ0) is 21.8. The quantitative estimate of drug-likeness (QED) is 0.537. The Balaban J connectivity index is 1.30. The van der Waals surface area contributed by atoms with Gasteiger partial charge in [-0.3, -0.25) is 0 Å². The van der Waals surface area contributed by atoms with Gasteiger partial charge < -0.3 is 15.5 Å². The molecule has 1 aromatic heterocycles. The number of hydrogen-bond donors (Lipinski definition) is 2. The molecule has 0 amide bonds. The Bertz CT molecular complexity index is 1010. The first-order valence-electron chi connectivity index (χ1n) is 10.9. The van der Waals surface area contributed by atoms with Crippen molar-refractivity contribution < 1.29 is 4.39 Å².